The number of carbonyl (C=O) groups is 1. The molecule has 1 amide bonds. The number of hydrogen-bond donors (Lipinski definition) is 0. The summed E-state index contributed by atoms with van der Waals surface area (Å²) in [6.07, 6.45) is 1.84. The van der Waals surface area contributed by atoms with Gasteiger partial charge in [-0.3, -0.25) is 4.79 Å². The summed E-state index contributed by atoms with van der Waals surface area (Å²) < 4.78 is 4.94. The molecule has 3 nitrogen and oxygen atoms in total. The molecule has 0 aromatic rings. The molecule has 4 heteroatoms. The summed E-state index contributed by atoms with van der Waals surface area (Å²) in [6, 6.07) is 0. The van der Waals surface area contributed by atoms with E-state index in [1.165, 1.54) is 0 Å². The van der Waals surface area contributed by atoms with Crippen molar-refractivity contribution in [1.82, 2.24) is 4.90 Å². The second kappa shape index (κ2) is 2.53. The number of β-lactam (4-membered cyclic amide) rings is 1. The molecule has 1 fully saturated rings. The Balaban J connectivity index is 2.01. The zero-order valence-corrected chi connectivity index (χ0v) is 7.00. The molecular formula is C7H9NO2S. The smallest absolute Gasteiger partial charge is 0.235 e. The predicted molar refractivity (Wildman–Crippen MR) is 42.7 cm³/mol. The van der Waals surface area contributed by atoms with Gasteiger partial charge in [0, 0.05) is 13.3 Å². The van der Waals surface area contributed by atoms with Crippen molar-refractivity contribution >= 4 is 17.7 Å². The van der Waals surface area contributed by atoms with Crippen molar-refractivity contribution in [3.8, 4) is 0 Å². The molecule has 0 bridgehead atoms. The van der Waals surface area contributed by atoms with Gasteiger partial charge in [-0.05, 0) is 5.41 Å². The molecular weight excluding hydrogens is 162 g/mol. The summed E-state index contributed by atoms with van der Waals surface area (Å²) in [5.74, 6) is 0.276. The van der Waals surface area contributed by atoms with E-state index in [2.05, 4.69) is 0 Å². The van der Waals surface area contributed by atoms with Crippen LogP contribution in [-0.2, 0) is 9.53 Å². The van der Waals surface area contributed by atoms with E-state index >= 15 is 0 Å². The van der Waals surface area contributed by atoms with E-state index in [0.717, 1.165) is 0 Å². The van der Waals surface area contributed by atoms with Crippen LogP contribution in [-0.4, -0.2) is 29.9 Å². The fourth-order valence-corrected chi connectivity index (χ4v) is 2.44. The summed E-state index contributed by atoms with van der Waals surface area (Å²) in [4.78, 5) is 13.0. The lowest BCUT2D eigenvalue weighted by Gasteiger charge is -2.40. The normalized spacial score (nSPS) is 33.9. The van der Waals surface area contributed by atoms with Crippen molar-refractivity contribution in [2.24, 2.45) is 5.92 Å². The van der Waals surface area contributed by atoms with Gasteiger partial charge in [0.05, 0.1) is 17.9 Å². The minimum atomic E-state index is 0.0833. The highest BCUT2D eigenvalue weighted by atomic mass is 32.2. The van der Waals surface area contributed by atoms with Crippen LogP contribution in [0.4, 0.5) is 0 Å². The molecule has 0 spiro atoms. The highest BCUT2D eigenvalue weighted by Crippen LogP contribution is 2.40. The van der Waals surface area contributed by atoms with Crippen LogP contribution in [0, 0.1) is 5.92 Å². The van der Waals surface area contributed by atoms with E-state index < -0.39 is 0 Å². The van der Waals surface area contributed by atoms with Gasteiger partial charge in [-0.1, -0.05) is 0 Å². The maximum absolute atomic E-state index is 11.2. The van der Waals surface area contributed by atoms with Gasteiger partial charge in [0.15, 0.2) is 0 Å². The van der Waals surface area contributed by atoms with Gasteiger partial charge < -0.3 is 9.64 Å². The summed E-state index contributed by atoms with van der Waals surface area (Å²) in [5.41, 5.74) is 0. The molecule has 2 atom stereocenters. The number of thioether (sulfide) groups is 1. The first kappa shape index (κ1) is 7.18. The molecule has 1 unspecified atom stereocenters. The second-order valence-electron chi connectivity index (χ2n) is 2.62. The first-order valence-corrected chi connectivity index (χ1v) is 4.42. The van der Waals surface area contributed by atoms with E-state index in [1.54, 1.807) is 23.8 Å². The number of amides is 1. The third-order valence-corrected chi connectivity index (χ3v) is 3.09. The molecule has 2 aliphatic rings. The zero-order valence-electron chi connectivity index (χ0n) is 6.19. The maximum atomic E-state index is 11.2. The molecule has 0 saturated carbocycles. The van der Waals surface area contributed by atoms with Gasteiger partial charge in [-0.2, -0.15) is 0 Å². The van der Waals surface area contributed by atoms with Crippen LogP contribution in [0.25, 0.3) is 0 Å². The fourth-order valence-electron chi connectivity index (χ4n) is 1.38. The summed E-state index contributed by atoms with van der Waals surface area (Å²) in [6.45, 7) is 0.550. The number of nitrogens with zero attached hydrogens (tertiary/aromatic N) is 1. The molecule has 2 aliphatic heterocycles. The van der Waals surface area contributed by atoms with Crippen molar-refractivity contribution in [3.63, 3.8) is 0 Å². The molecule has 0 aromatic heterocycles. The molecule has 0 radical (unpaired) electrons. The molecule has 60 valence electrons. The standard InChI is InChI=1S/C7H9NO2S/c1-10-4-5-6(9)8-2-3-11-7(5)8/h2-3,5,7H,4H2,1H3/t5?,7-/m0/s1. The molecule has 1 saturated heterocycles. The highest BCUT2D eigenvalue weighted by Gasteiger charge is 2.48. The Hall–Kier alpha value is -0.480. The number of fused-ring (bicyclic) bond motifs is 1. The largest absolute Gasteiger partial charge is 0.384 e. The van der Waals surface area contributed by atoms with Crippen molar-refractivity contribution in [2.75, 3.05) is 13.7 Å². The van der Waals surface area contributed by atoms with Gasteiger partial charge in [-0.15, -0.1) is 11.8 Å². The lowest BCUT2D eigenvalue weighted by molar-refractivity contribution is -0.148. The molecule has 2 heterocycles. The van der Waals surface area contributed by atoms with E-state index in [0.29, 0.717) is 12.0 Å². The molecule has 0 aromatic carbocycles. The van der Waals surface area contributed by atoms with E-state index in [1.807, 2.05) is 11.6 Å². The molecule has 0 N–H and O–H groups in total. The summed E-state index contributed by atoms with van der Waals surface area (Å²) >= 11 is 1.69. The minimum absolute atomic E-state index is 0.0833. The molecule has 0 aliphatic carbocycles. The second-order valence-corrected chi connectivity index (χ2v) is 3.65. The van der Waals surface area contributed by atoms with E-state index in [4.69, 9.17) is 4.74 Å². The lowest BCUT2D eigenvalue weighted by atomic mass is 10.0. The fraction of sp³-hybridized carbons (Fsp3) is 0.571. The summed E-state index contributed by atoms with van der Waals surface area (Å²) in [7, 11) is 1.63. The first-order valence-electron chi connectivity index (χ1n) is 3.48. The van der Waals surface area contributed by atoms with Crippen LogP contribution in [0.2, 0.25) is 0 Å². The zero-order chi connectivity index (χ0) is 7.84. The Bertz CT molecular complexity index is 216. The van der Waals surface area contributed by atoms with Gasteiger partial charge in [-0.25, -0.2) is 0 Å². The maximum Gasteiger partial charge on any atom is 0.235 e. The topological polar surface area (TPSA) is 29.5 Å². The SMILES string of the molecule is COCC1C(=O)N2C=CS[C@@H]12. The van der Waals surface area contributed by atoms with E-state index in [-0.39, 0.29) is 11.8 Å². The average molecular weight is 171 g/mol. The lowest BCUT2D eigenvalue weighted by Crippen LogP contribution is -2.56. The highest BCUT2D eigenvalue weighted by molar-refractivity contribution is 8.03. The average Bonchev–Trinajstić information content (AvgIpc) is 2.44. The van der Waals surface area contributed by atoms with Crippen molar-refractivity contribution in [2.45, 2.75) is 5.37 Å². The quantitative estimate of drug-likeness (QED) is 0.571. The van der Waals surface area contributed by atoms with Crippen LogP contribution in [0.5, 0.6) is 0 Å². The van der Waals surface area contributed by atoms with Crippen molar-refractivity contribution in [1.29, 1.82) is 0 Å². The molecule has 2 rings (SSSR count). The Morgan fingerprint density at radius 3 is 3.36 bits per heavy atom. The number of methoxy groups -OCH3 is 1. The Kier molecular flexibility index (Phi) is 1.65. The van der Waals surface area contributed by atoms with Crippen LogP contribution in [0.1, 0.15) is 0 Å². The third kappa shape index (κ3) is 0.895. The van der Waals surface area contributed by atoms with Gasteiger partial charge in [0.2, 0.25) is 5.91 Å². The van der Waals surface area contributed by atoms with Crippen LogP contribution in [0.3, 0.4) is 0 Å². The number of carbonyl (C=O) groups excluding carboxylic acids is 1. The summed E-state index contributed by atoms with van der Waals surface area (Å²) in [5, 5.41) is 2.28. The molecule has 11 heavy (non-hydrogen) atoms. The first-order chi connectivity index (χ1) is 5.34. The van der Waals surface area contributed by atoms with Gasteiger partial charge in [0.25, 0.3) is 0 Å². The van der Waals surface area contributed by atoms with Gasteiger partial charge >= 0.3 is 0 Å². The Morgan fingerprint density at radius 1 is 1.82 bits per heavy atom. The van der Waals surface area contributed by atoms with Crippen molar-refractivity contribution in [3.05, 3.63) is 11.6 Å². The van der Waals surface area contributed by atoms with Crippen LogP contribution < -0.4 is 0 Å². The Labute approximate surface area is 69.4 Å². The van der Waals surface area contributed by atoms with Crippen LogP contribution in [0.15, 0.2) is 11.6 Å². The van der Waals surface area contributed by atoms with Crippen LogP contribution >= 0.6 is 11.8 Å². The number of ether oxygens (including phenoxy) is 1. The minimum Gasteiger partial charge on any atom is -0.384 e. The third-order valence-electron chi connectivity index (χ3n) is 1.98. The van der Waals surface area contributed by atoms with E-state index in [9.17, 15) is 4.79 Å². The Morgan fingerprint density at radius 2 is 2.64 bits per heavy atom. The number of hydrogen-bond acceptors (Lipinski definition) is 3. The number of rotatable bonds is 2. The van der Waals surface area contributed by atoms with Crippen molar-refractivity contribution < 1.29 is 9.53 Å². The monoisotopic (exact) mass is 171 g/mol. The predicted octanol–water partition coefficient (Wildman–Crippen LogP) is 0.635. The van der Waals surface area contributed by atoms with Gasteiger partial charge in [0.1, 0.15) is 0 Å².